The molecule has 4 unspecified atom stereocenters. The van der Waals surface area contributed by atoms with Gasteiger partial charge >= 0.3 is 11.9 Å². The van der Waals surface area contributed by atoms with Gasteiger partial charge in [0.25, 0.3) is 0 Å². The summed E-state index contributed by atoms with van der Waals surface area (Å²) in [5, 5.41) is 18.1. The Morgan fingerprint density at radius 2 is 2.00 bits per heavy atom. The molecular formula is C10H12O5. The first kappa shape index (κ1) is 10.1. The Bertz CT molecular complexity index is 361. The molecule has 82 valence electrons. The molecule has 2 aliphatic carbocycles. The van der Waals surface area contributed by atoms with Gasteiger partial charge in [-0.3, -0.25) is 14.4 Å². The van der Waals surface area contributed by atoms with E-state index >= 15 is 0 Å². The summed E-state index contributed by atoms with van der Waals surface area (Å²) in [5.41, 5.74) is -1.41. The van der Waals surface area contributed by atoms with E-state index in [-0.39, 0.29) is 18.1 Å². The number of carboxylic acids is 2. The van der Waals surface area contributed by atoms with Crippen molar-refractivity contribution in [2.75, 3.05) is 0 Å². The Labute approximate surface area is 86.1 Å². The quantitative estimate of drug-likeness (QED) is 0.690. The monoisotopic (exact) mass is 212 g/mol. The van der Waals surface area contributed by atoms with Gasteiger partial charge in [0.1, 0.15) is 5.78 Å². The summed E-state index contributed by atoms with van der Waals surface area (Å²) in [4.78, 5) is 33.7. The SMILES string of the molecule is CC1(C(=O)O)C2CC(CC2=O)C1C(=O)O. The van der Waals surface area contributed by atoms with Crippen LogP contribution >= 0.6 is 0 Å². The molecule has 0 heterocycles. The van der Waals surface area contributed by atoms with Crippen LogP contribution in [-0.2, 0) is 14.4 Å². The van der Waals surface area contributed by atoms with E-state index in [1.54, 1.807) is 0 Å². The van der Waals surface area contributed by atoms with E-state index in [0.29, 0.717) is 6.42 Å². The summed E-state index contributed by atoms with van der Waals surface area (Å²) in [6.45, 7) is 1.38. The second kappa shape index (κ2) is 2.81. The Hall–Kier alpha value is -1.39. The zero-order valence-corrected chi connectivity index (χ0v) is 8.27. The third-order valence-electron chi connectivity index (χ3n) is 3.96. The van der Waals surface area contributed by atoms with Crippen molar-refractivity contribution in [3.05, 3.63) is 0 Å². The topological polar surface area (TPSA) is 91.7 Å². The minimum Gasteiger partial charge on any atom is -0.481 e. The molecule has 2 aliphatic rings. The third-order valence-corrected chi connectivity index (χ3v) is 3.96. The van der Waals surface area contributed by atoms with Gasteiger partial charge in [-0.15, -0.1) is 0 Å². The standard InChI is InChI=1S/C10H12O5/c1-10(9(14)15)5-2-4(3-6(5)11)7(10)8(12)13/h4-5,7H,2-3H2,1H3,(H,12,13)(H,14,15). The van der Waals surface area contributed by atoms with E-state index in [1.807, 2.05) is 0 Å². The average Bonchev–Trinajstić information content (AvgIpc) is 2.58. The van der Waals surface area contributed by atoms with Gasteiger partial charge in [-0.25, -0.2) is 0 Å². The average molecular weight is 212 g/mol. The van der Waals surface area contributed by atoms with Crippen molar-refractivity contribution in [2.24, 2.45) is 23.2 Å². The Morgan fingerprint density at radius 1 is 1.40 bits per heavy atom. The van der Waals surface area contributed by atoms with Crippen LogP contribution in [0.2, 0.25) is 0 Å². The van der Waals surface area contributed by atoms with E-state index in [1.165, 1.54) is 6.92 Å². The molecule has 0 aromatic carbocycles. The molecular weight excluding hydrogens is 200 g/mol. The first-order chi connectivity index (χ1) is 6.89. The van der Waals surface area contributed by atoms with E-state index < -0.39 is 29.2 Å². The fourth-order valence-corrected chi connectivity index (χ4v) is 3.20. The second-order valence-corrected chi connectivity index (χ2v) is 4.62. The van der Waals surface area contributed by atoms with Gasteiger partial charge < -0.3 is 10.2 Å². The highest BCUT2D eigenvalue weighted by molar-refractivity contribution is 5.96. The van der Waals surface area contributed by atoms with E-state index in [9.17, 15) is 14.4 Å². The van der Waals surface area contributed by atoms with Crippen molar-refractivity contribution in [3.8, 4) is 0 Å². The zero-order valence-electron chi connectivity index (χ0n) is 8.27. The molecule has 0 aromatic rings. The number of fused-ring (bicyclic) bond motifs is 2. The molecule has 5 nitrogen and oxygen atoms in total. The largest absolute Gasteiger partial charge is 0.481 e. The fraction of sp³-hybridized carbons (Fsp3) is 0.700. The maximum atomic E-state index is 11.5. The second-order valence-electron chi connectivity index (χ2n) is 4.62. The fourth-order valence-electron chi connectivity index (χ4n) is 3.20. The normalized spacial score (nSPS) is 43.3. The number of aliphatic carboxylic acids is 2. The molecule has 0 aromatic heterocycles. The molecule has 0 aliphatic heterocycles. The predicted molar refractivity (Wildman–Crippen MR) is 48.1 cm³/mol. The van der Waals surface area contributed by atoms with Gasteiger partial charge in [-0.05, 0) is 19.3 Å². The lowest BCUT2D eigenvalue weighted by Gasteiger charge is -2.33. The predicted octanol–water partition coefficient (Wildman–Crippen LogP) is 0.387. The van der Waals surface area contributed by atoms with Crippen LogP contribution in [0.4, 0.5) is 0 Å². The Morgan fingerprint density at radius 3 is 2.47 bits per heavy atom. The number of rotatable bonds is 2. The molecule has 2 bridgehead atoms. The number of carbonyl (C=O) groups is 3. The van der Waals surface area contributed by atoms with E-state index in [2.05, 4.69) is 0 Å². The minimum atomic E-state index is -1.41. The minimum absolute atomic E-state index is 0.0950. The first-order valence-corrected chi connectivity index (χ1v) is 4.88. The van der Waals surface area contributed by atoms with Crippen LogP contribution in [0.1, 0.15) is 19.8 Å². The summed E-state index contributed by atoms with van der Waals surface area (Å²) in [6.07, 6.45) is 0.642. The molecule has 2 rings (SSSR count). The number of hydrogen-bond acceptors (Lipinski definition) is 3. The smallest absolute Gasteiger partial charge is 0.310 e. The van der Waals surface area contributed by atoms with Crippen molar-refractivity contribution in [1.82, 2.24) is 0 Å². The lowest BCUT2D eigenvalue weighted by molar-refractivity contribution is -0.167. The molecule has 2 saturated carbocycles. The van der Waals surface area contributed by atoms with Crippen molar-refractivity contribution < 1.29 is 24.6 Å². The highest BCUT2D eigenvalue weighted by atomic mass is 16.4. The van der Waals surface area contributed by atoms with Gasteiger partial charge in [0, 0.05) is 12.3 Å². The first-order valence-electron chi connectivity index (χ1n) is 4.88. The Balaban J connectivity index is 2.46. The van der Waals surface area contributed by atoms with E-state index in [0.717, 1.165) is 0 Å². The summed E-state index contributed by atoms with van der Waals surface area (Å²) in [7, 11) is 0. The Kier molecular flexibility index (Phi) is 1.90. The van der Waals surface area contributed by atoms with Gasteiger partial charge in [0.05, 0.1) is 11.3 Å². The maximum Gasteiger partial charge on any atom is 0.310 e. The molecule has 0 radical (unpaired) electrons. The van der Waals surface area contributed by atoms with Crippen LogP contribution in [0.3, 0.4) is 0 Å². The van der Waals surface area contributed by atoms with Crippen LogP contribution in [0.5, 0.6) is 0 Å². The van der Waals surface area contributed by atoms with Crippen molar-refractivity contribution >= 4 is 17.7 Å². The summed E-state index contributed by atoms with van der Waals surface area (Å²) in [5.74, 6) is -4.18. The van der Waals surface area contributed by atoms with E-state index in [4.69, 9.17) is 10.2 Å². The van der Waals surface area contributed by atoms with Crippen molar-refractivity contribution in [2.45, 2.75) is 19.8 Å². The summed E-state index contributed by atoms with van der Waals surface area (Å²) >= 11 is 0. The molecule has 2 N–H and O–H groups in total. The van der Waals surface area contributed by atoms with Crippen molar-refractivity contribution in [3.63, 3.8) is 0 Å². The van der Waals surface area contributed by atoms with Crippen molar-refractivity contribution in [1.29, 1.82) is 0 Å². The number of carboxylic acid groups (broad SMARTS) is 2. The number of Topliss-reactive ketones (excluding diaryl/α,β-unsaturated/α-hetero) is 1. The van der Waals surface area contributed by atoms with Gasteiger partial charge in [0.15, 0.2) is 0 Å². The molecule has 2 fully saturated rings. The maximum absolute atomic E-state index is 11.5. The van der Waals surface area contributed by atoms with Crippen LogP contribution in [-0.4, -0.2) is 27.9 Å². The van der Waals surface area contributed by atoms with Gasteiger partial charge in [-0.1, -0.05) is 0 Å². The van der Waals surface area contributed by atoms with Gasteiger partial charge in [-0.2, -0.15) is 0 Å². The van der Waals surface area contributed by atoms with Crippen LogP contribution in [0.15, 0.2) is 0 Å². The molecule has 5 heteroatoms. The van der Waals surface area contributed by atoms with Crippen LogP contribution in [0, 0.1) is 23.2 Å². The summed E-state index contributed by atoms with van der Waals surface area (Å²) in [6, 6.07) is 0. The lowest BCUT2D eigenvalue weighted by atomic mass is 9.67. The summed E-state index contributed by atoms with van der Waals surface area (Å²) < 4.78 is 0. The molecule has 15 heavy (non-hydrogen) atoms. The highest BCUT2D eigenvalue weighted by Gasteiger charge is 2.66. The molecule has 0 spiro atoms. The zero-order chi connectivity index (χ0) is 11.4. The third kappa shape index (κ3) is 1.06. The van der Waals surface area contributed by atoms with Crippen LogP contribution < -0.4 is 0 Å². The molecule has 0 amide bonds. The molecule has 0 saturated heterocycles. The van der Waals surface area contributed by atoms with Crippen LogP contribution in [0.25, 0.3) is 0 Å². The lowest BCUT2D eigenvalue weighted by Crippen LogP contribution is -2.47. The number of ketones is 1. The highest BCUT2D eigenvalue weighted by Crippen LogP contribution is 2.58. The van der Waals surface area contributed by atoms with Gasteiger partial charge in [0.2, 0.25) is 0 Å². The molecule has 4 atom stereocenters. The number of carbonyl (C=O) groups excluding carboxylic acids is 1. The number of hydrogen-bond donors (Lipinski definition) is 2.